The van der Waals surface area contributed by atoms with Gasteiger partial charge < -0.3 is 9.47 Å². The second-order valence-corrected chi connectivity index (χ2v) is 2.29. The molecule has 12 heavy (non-hydrogen) atoms. The first-order valence-electron chi connectivity index (χ1n) is 3.97. The number of benzene rings is 1. The maximum Gasteiger partial charge on any atom is 0.0730 e. The van der Waals surface area contributed by atoms with E-state index in [9.17, 15) is 0 Å². The van der Waals surface area contributed by atoms with Gasteiger partial charge in [0, 0.05) is 13.7 Å². The zero-order valence-corrected chi connectivity index (χ0v) is 7.41. The Morgan fingerprint density at radius 1 is 1.25 bits per heavy atom. The van der Waals surface area contributed by atoms with Crippen molar-refractivity contribution in [2.45, 2.75) is 6.92 Å². The number of methoxy groups -OCH3 is 1. The van der Waals surface area contributed by atoms with Gasteiger partial charge in [-0.2, -0.15) is 12.1 Å². The highest BCUT2D eigenvalue weighted by Gasteiger charge is 1.98. The van der Waals surface area contributed by atoms with Gasteiger partial charge in [-0.1, -0.05) is 6.07 Å². The Kier molecular flexibility index (Phi) is 3.64. The second-order valence-electron chi connectivity index (χ2n) is 2.29. The second kappa shape index (κ2) is 4.80. The van der Waals surface area contributed by atoms with Crippen LogP contribution in [0.15, 0.2) is 30.3 Å². The molecule has 0 heterocycles. The van der Waals surface area contributed by atoms with Crippen molar-refractivity contribution in [1.82, 2.24) is 0 Å². The molecular formula is C10H13O2-. The Morgan fingerprint density at radius 3 is 2.42 bits per heavy atom. The number of hydrogen-bond acceptors (Lipinski definition) is 2. The monoisotopic (exact) mass is 165 g/mol. The van der Waals surface area contributed by atoms with E-state index in [1.165, 1.54) is 0 Å². The van der Waals surface area contributed by atoms with E-state index in [4.69, 9.17) is 9.47 Å². The Morgan fingerprint density at radius 2 is 1.92 bits per heavy atom. The summed E-state index contributed by atoms with van der Waals surface area (Å²) >= 11 is 0. The minimum atomic E-state index is 0.582. The summed E-state index contributed by atoms with van der Waals surface area (Å²) in [6.07, 6.45) is 0.582. The number of ether oxygens (including phenoxy) is 2. The van der Waals surface area contributed by atoms with Crippen LogP contribution in [-0.4, -0.2) is 13.7 Å². The normalized spacial score (nSPS) is 9.83. The van der Waals surface area contributed by atoms with E-state index < -0.39 is 0 Å². The highest BCUT2D eigenvalue weighted by Crippen LogP contribution is 2.15. The molecule has 0 amide bonds. The van der Waals surface area contributed by atoms with Crippen LogP contribution in [0.2, 0.25) is 0 Å². The lowest BCUT2D eigenvalue weighted by molar-refractivity contribution is 0.00390. The minimum Gasteiger partial charge on any atom is -0.388 e. The molecule has 0 saturated carbocycles. The van der Waals surface area contributed by atoms with Crippen LogP contribution in [0.5, 0.6) is 0 Å². The predicted molar refractivity (Wildman–Crippen MR) is 47.4 cm³/mol. The summed E-state index contributed by atoms with van der Waals surface area (Å²) in [5.41, 5.74) is 0.974. The first kappa shape index (κ1) is 9.10. The maximum absolute atomic E-state index is 5.27. The third kappa shape index (κ3) is 2.26. The molecule has 66 valence electrons. The van der Waals surface area contributed by atoms with Crippen LogP contribution >= 0.6 is 0 Å². The Labute approximate surface area is 73.1 Å². The molecule has 0 N–H and O–H groups in total. The van der Waals surface area contributed by atoms with Gasteiger partial charge in [-0.15, -0.1) is 17.7 Å². The third-order valence-electron chi connectivity index (χ3n) is 1.47. The van der Waals surface area contributed by atoms with Gasteiger partial charge >= 0.3 is 0 Å². The van der Waals surface area contributed by atoms with Crippen molar-refractivity contribution in [3.05, 3.63) is 42.2 Å². The molecule has 0 fully saturated rings. The molecular weight excluding hydrogens is 152 g/mol. The van der Waals surface area contributed by atoms with Crippen molar-refractivity contribution < 1.29 is 9.47 Å². The van der Waals surface area contributed by atoms with E-state index in [2.05, 4.69) is 0 Å². The largest absolute Gasteiger partial charge is 0.388 e. The van der Waals surface area contributed by atoms with Gasteiger partial charge in [-0.25, -0.2) is 0 Å². The van der Waals surface area contributed by atoms with Crippen molar-refractivity contribution in [2.24, 2.45) is 0 Å². The molecule has 1 rings (SSSR count). The average molecular weight is 165 g/mol. The van der Waals surface area contributed by atoms with Crippen LogP contribution in [0.25, 0.3) is 0 Å². The Bertz CT molecular complexity index is 208. The van der Waals surface area contributed by atoms with Gasteiger partial charge in [0.1, 0.15) is 0 Å². The summed E-state index contributed by atoms with van der Waals surface area (Å²) in [7, 11) is 1.61. The molecule has 0 unspecified atom stereocenters. The van der Waals surface area contributed by atoms with Crippen molar-refractivity contribution in [3.63, 3.8) is 0 Å². The maximum atomic E-state index is 5.27. The van der Waals surface area contributed by atoms with Crippen LogP contribution in [0.3, 0.4) is 0 Å². The molecule has 0 saturated heterocycles. The lowest BCUT2D eigenvalue weighted by Crippen LogP contribution is -2.06. The fraction of sp³-hybridized carbons (Fsp3) is 0.300. The average Bonchev–Trinajstić information content (AvgIpc) is 2.15. The fourth-order valence-electron chi connectivity index (χ4n) is 0.965. The summed E-state index contributed by atoms with van der Waals surface area (Å²) < 4.78 is 10.3. The van der Waals surface area contributed by atoms with Crippen molar-refractivity contribution in [1.29, 1.82) is 0 Å². The molecule has 1 aromatic carbocycles. The van der Waals surface area contributed by atoms with Gasteiger partial charge in [0.15, 0.2) is 0 Å². The summed E-state index contributed by atoms with van der Waals surface area (Å²) in [4.78, 5) is 0. The summed E-state index contributed by atoms with van der Waals surface area (Å²) in [5, 5.41) is 0. The van der Waals surface area contributed by atoms with E-state index in [1.807, 2.05) is 37.3 Å². The van der Waals surface area contributed by atoms with Gasteiger partial charge in [0.2, 0.25) is 0 Å². The van der Waals surface area contributed by atoms with Gasteiger partial charge in [0.25, 0.3) is 0 Å². The zero-order chi connectivity index (χ0) is 8.81. The van der Waals surface area contributed by atoms with E-state index in [0.29, 0.717) is 12.9 Å². The first-order chi connectivity index (χ1) is 5.88. The topological polar surface area (TPSA) is 18.5 Å². The smallest absolute Gasteiger partial charge is 0.0730 e. The molecule has 0 aliphatic heterocycles. The van der Waals surface area contributed by atoms with Crippen molar-refractivity contribution in [3.8, 4) is 0 Å². The van der Waals surface area contributed by atoms with E-state index >= 15 is 0 Å². The van der Waals surface area contributed by atoms with Crippen LogP contribution < -0.4 is 0 Å². The van der Waals surface area contributed by atoms with Crippen LogP contribution in [0.4, 0.5) is 0 Å². The Balaban J connectivity index is 2.66. The highest BCUT2D eigenvalue weighted by atomic mass is 16.7. The molecule has 0 atom stereocenters. The third-order valence-corrected chi connectivity index (χ3v) is 1.47. The standard InChI is InChI=1S/C10H13O2/c1-3-12-10(11-2)9-7-5-4-6-8-9/h4-8H,3H2,1-2H3/q-1. The molecule has 0 radical (unpaired) electrons. The quantitative estimate of drug-likeness (QED) is 0.637. The summed E-state index contributed by atoms with van der Waals surface area (Å²) in [6.45, 7) is 2.56. The van der Waals surface area contributed by atoms with Gasteiger partial charge in [-0.05, 0) is 6.92 Å². The Hall–Kier alpha value is -0.990. The highest BCUT2D eigenvalue weighted by molar-refractivity contribution is 5.23. The van der Waals surface area contributed by atoms with Gasteiger partial charge in [0.05, 0.1) is 6.29 Å². The number of rotatable bonds is 4. The molecule has 0 bridgehead atoms. The zero-order valence-electron chi connectivity index (χ0n) is 7.41. The molecule has 0 aliphatic rings. The van der Waals surface area contributed by atoms with Crippen molar-refractivity contribution in [2.75, 3.05) is 13.7 Å². The lowest BCUT2D eigenvalue weighted by Gasteiger charge is -2.22. The molecule has 0 spiro atoms. The van der Waals surface area contributed by atoms with Crippen molar-refractivity contribution >= 4 is 0 Å². The van der Waals surface area contributed by atoms with Crippen LogP contribution in [0.1, 0.15) is 12.5 Å². The summed E-state index contributed by atoms with van der Waals surface area (Å²) in [6, 6.07) is 9.77. The van der Waals surface area contributed by atoms with E-state index in [0.717, 1.165) is 5.56 Å². The fourth-order valence-corrected chi connectivity index (χ4v) is 0.965. The minimum absolute atomic E-state index is 0.582. The van der Waals surface area contributed by atoms with Gasteiger partial charge in [-0.3, -0.25) is 0 Å². The van der Waals surface area contributed by atoms with E-state index in [1.54, 1.807) is 7.11 Å². The number of hydrogen-bond donors (Lipinski definition) is 0. The molecule has 2 nitrogen and oxygen atoms in total. The summed E-state index contributed by atoms with van der Waals surface area (Å²) in [5.74, 6) is 0. The lowest BCUT2D eigenvalue weighted by atomic mass is 10.2. The molecule has 2 heteroatoms. The van der Waals surface area contributed by atoms with Crippen LogP contribution in [-0.2, 0) is 9.47 Å². The van der Waals surface area contributed by atoms with E-state index in [-0.39, 0.29) is 0 Å². The predicted octanol–water partition coefficient (Wildman–Crippen LogP) is 2.21. The molecule has 1 aromatic rings. The first-order valence-corrected chi connectivity index (χ1v) is 3.97. The van der Waals surface area contributed by atoms with Crippen LogP contribution in [0, 0.1) is 6.29 Å². The molecule has 0 aliphatic carbocycles. The molecule has 0 aromatic heterocycles. The SMILES string of the molecule is CCO[C-](OC)c1ccccc1.